The molecule has 2 saturated heterocycles. The number of rotatable bonds is 3. The molecule has 2 aliphatic rings. The fourth-order valence-corrected chi connectivity index (χ4v) is 4.77. The minimum atomic E-state index is -3.27. The van der Waals surface area contributed by atoms with Crippen LogP contribution in [0.15, 0.2) is 0 Å². The average Bonchev–Trinajstić information content (AvgIpc) is 2.76. The Kier molecular flexibility index (Phi) is 4.07. The van der Waals surface area contributed by atoms with Crippen LogP contribution in [-0.2, 0) is 10.2 Å². The molecule has 0 saturated carbocycles. The highest BCUT2D eigenvalue weighted by atomic mass is 32.2. The van der Waals surface area contributed by atoms with E-state index in [9.17, 15) is 8.42 Å². The molecule has 0 amide bonds. The van der Waals surface area contributed by atoms with Gasteiger partial charge in [0.25, 0.3) is 10.2 Å². The van der Waals surface area contributed by atoms with Gasteiger partial charge in [0.1, 0.15) is 0 Å². The molecule has 0 aliphatic carbocycles. The first-order chi connectivity index (χ1) is 8.05. The summed E-state index contributed by atoms with van der Waals surface area (Å²) in [5.74, 6) is 0.478. The maximum Gasteiger partial charge on any atom is 0.282 e. The van der Waals surface area contributed by atoms with E-state index in [0.717, 1.165) is 25.7 Å². The zero-order valence-electron chi connectivity index (χ0n) is 10.5. The summed E-state index contributed by atoms with van der Waals surface area (Å²) in [6.45, 7) is 4.50. The van der Waals surface area contributed by atoms with Gasteiger partial charge in [-0.2, -0.15) is 17.0 Å². The minimum absolute atomic E-state index is 0.00431. The maximum atomic E-state index is 12.5. The van der Waals surface area contributed by atoms with Crippen molar-refractivity contribution in [3.8, 4) is 0 Å². The van der Waals surface area contributed by atoms with Gasteiger partial charge < -0.3 is 5.73 Å². The van der Waals surface area contributed by atoms with Crippen LogP contribution in [-0.4, -0.2) is 49.2 Å². The second kappa shape index (κ2) is 5.22. The lowest BCUT2D eigenvalue weighted by Crippen LogP contribution is -2.52. The first-order valence-corrected chi connectivity index (χ1v) is 7.92. The first kappa shape index (κ1) is 13.3. The van der Waals surface area contributed by atoms with Gasteiger partial charge in [-0.3, -0.25) is 0 Å². The summed E-state index contributed by atoms with van der Waals surface area (Å²) in [6.07, 6.45) is 3.92. The molecule has 2 fully saturated rings. The van der Waals surface area contributed by atoms with Gasteiger partial charge in [-0.25, -0.2) is 0 Å². The summed E-state index contributed by atoms with van der Waals surface area (Å²) >= 11 is 0. The molecule has 0 aromatic heterocycles. The van der Waals surface area contributed by atoms with E-state index in [4.69, 9.17) is 5.73 Å². The topological polar surface area (TPSA) is 66.6 Å². The van der Waals surface area contributed by atoms with Gasteiger partial charge in [0.15, 0.2) is 0 Å². The van der Waals surface area contributed by atoms with Gasteiger partial charge in [-0.1, -0.05) is 13.3 Å². The third-order valence-corrected chi connectivity index (χ3v) is 5.91. The van der Waals surface area contributed by atoms with Crippen molar-refractivity contribution in [1.82, 2.24) is 8.61 Å². The summed E-state index contributed by atoms with van der Waals surface area (Å²) < 4.78 is 28.3. The van der Waals surface area contributed by atoms with Crippen molar-refractivity contribution in [2.24, 2.45) is 11.7 Å². The Bertz CT molecular complexity index is 358. The quantitative estimate of drug-likeness (QED) is 0.799. The summed E-state index contributed by atoms with van der Waals surface area (Å²) in [5, 5.41) is 0. The average molecular weight is 261 g/mol. The Morgan fingerprint density at radius 3 is 2.59 bits per heavy atom. The van der Waals surface area contributed by atoms with Crippen molar-refractivity contribution in [3.05, 3.63) is 0 Å². The molecule has 6 heteroatoms. The molecular formula is C11H23N3O2S. The molecule has 5 nitrogen and oxygen atoms in total. The minimum Gasteiger partial charge on any atom is -0.329 e. The largest absolute Gasteiger partial charge is 0.329 e. The summed E-state index contributed by atoms with van der Waals surface area (Å²) in [4.78, 5) is 0. The molecule has 0 spiro atoms. The monoisotopic (exact) mass is 261 g/mol. The lowest BCUT2D eigenvalue weighted by atomic mass is 10.1. The van der Waals surface area contributed by atoms with Crippen molar-refractivity contribution in [2.75, 3.05) is 26.2 Å². The van der Waals surface area contributed by atoms with Gasteiger partial charge >= 0.3 is 0 Å². The first-order valence-electron chi connectivity index (χ1n) is 6.52. The molecule has 2 heterocycles. The summed E-state index contributed by atoms with van der Waals surface area (Å²) in [7, 11) is -3.27. The van der Waals surface area contributed by atoms with Gasteiger partial charge in [-0.05, 0) is 25.2 Å². The number of nitrogens with zero attached hydrogens (tertiary/aromatic N) is 2. The fourth-order valence-electron chi connectivity index (χ4n) is 2.77. The van der Waals surface area contributed by atoms with Crippen molar-refractivity contribution in [1.29, 1.82) is 0 Å². The molecule has 2 atom stereocenters. The molecule has 100 valence electrons. The number of hydrogen-bond donors (Lipinski definition) is 1. The Labute approximate surface area is 104 Å². The molecule has 0 bridgehead atoms. The number of hydrogen-bond acceptors (Lipinski definition) is 3. The molecule has 0 aromatic rings. The van der Waals surface area contributed by atoms with Crippen molar-refractivity contribution in [2.45, 2.75) is 38.6 Å². The second-order valence-electron chi connectivity index (χ2n) is 5.26. The van der Waals surface area contributed by atoms with Gasteiger partial charge in [0.05, 0.1) is 0 Å². The normalized spacial score (nSPS) is 33.1. The lowest BCUT2D eigenvalue weighted by molar-refractivity contribution is 0.240. The van der Waals surface area contributed by atoms with Crippen molar-refractivity contribution in [3.63, 3.8) is 0 Å². The van der Waals surface area contributed by atoms with Gasteiger partial charge in [-0.15, -0.1) is 0 Å². The Morgan fingerprint density at radius 2 is 2.00 bits per heavy atom. The fraction of sp³-hybridized carbons (Fsp3) is 1.00. The summed E-state index contributed by atoms with van der Waals surface area (Å²) in [6, 6.07) is 0.00431. The van der Waals surface area contributed by atoms with Crippen LogP contribution in [0.1, 0.15) is 32.6 Å². The van der Waals surface area contributed by atoms with Crippen LogP contribution in [0.25, 0.3) is 0 Å². The second-order valence-corrected chi connectivity index (χ2v) is 7.14. The molecule has 0 radical (unpaired) electrons. The predicted octanol–water partition coefficient (Wildman–Crippen LogP) is 0.386. The molecule has 2 unspecified atom stereocenters. The van der Waals surface area contributed by atoms with E-state index >= 15 is 0 Å². The highest BCUT2D eigenvalue weighted by Crippen LogP contribution is 2.26. The van der Waals surface area contributed by atoms with E-state index < -0.39 is 10.2 Å². The van der Waals surface area contributed by atoms with Crippen LogP contribution >= 0.6 is 0 Å². The summed E-state index contributed by atoms with van der Waals surface area (Å²) in [5.41, 5.74) is 5.69. The van der Waals surface area contributed by atoms with E-state index in [1.54, 1.807) is 8.61 Å². The third kappa shape index (κ3) is 2.65. The number of nitrogens with two attached hydrogens (primary N) is 1. The van der Waals surface area contributed by atoms with E-state index in [1.165, 1.54) is 0 Å². The number of piperidine rings is 1. The van der Waals surface area contributed by atoms with Crippen molar-refractivity contribution < 1.29 is 8.42 Å². The van der Waals surface area contributed by atoms with Crippen molar-refractivity contribution >= 4 is 10.2 Å². The Balaban J connectivity index is 2.13. The molecule has 0 aromatic carbocycles. The zero-order valence-corrected chi connectivity index (χ0v) is 11.3. The van der Waals surface area contributed by atoms with Crippen LogP contribution in [0.3, 0.4) is 0 Å². The van der Waals surface area contributed by atoms with Crippen LogP contribution in [0.4, 0.5) is 0 Å². The maximum absolute atomic E-state index is 12.5. The predicted molar refractivity (Wildman–Crippen MR) is 67.7 cm³/mol. The highest BCUT2D eigenvalue weighted by molar-refractivity contribution is 7.86. The standard InChI is InChI=1S/C11H23N3O2S/c1-10-5-7-13(9-10)17(15,16)14-6-3-2-4-11(14)8-12/h10-11H,2-9,12H2,1H3. The van der Waals surface area contributed by atoms with Gasteiger partial charge in [0.2, 0.25) is 0 Å². The molecule has 2 N–H and O–H groups in total. The Morgan fingerprint density at radius 1 is 1.24 bits per heavy atom. The van der Waals surface area contributed by atoms with Crippen LogP contribution < -0.4 is 5.73 Å². The SMILES string of the molecule is CC1CCN(S(=O)(=O)N2CCCCC2CN)C1. The smallest absolute Gasteiger partial charge is 0.282 e. The Hall–Kier alpha value is -0.170. The van der Waals surface area contributed by atoms with Crippen LogP contribution in [0, 0.1) is 5.92 Å². The van der Waals surface area contributed by atoms with E-state index in [-0.39, 0.29) is 6.04 Å². The zero-order chi connectivity index (χ0) is 12.5. The van der Waals surface area contributed by atoms with Crippen LogP contribution in [0.2, 0.25) is 0 Å². The highest BCUT2D eigenvalue weighted by Gasteiger charge is 2.38. The lowest BCUT2D eigenvalue weighted by Gasteiger charge is -2.36. The van der Waals surface area contributed by atoms with E-state index in [0.29, 0.717) is 32.1 Å². The molecule has 17 heavy (non-hydrogen) atoms. The van der Waals surface area contributed by atoms with Gasteiger partial charge in [0, 0.05) is 32.2 Å². The molecule has 2 aliphatic heterocycles. The third-order valence-electron chi connectivity index (χ3n) is 3.85. The van der Waals surface area contributed by atoms with Crippen LogP contribution in [0.5, 0.6) is 0 Å². The molecule has 2 rings (SSSR count). The molecular weight excluding hydrogens is 238 g/mol. The van der Waals surface area contributed by atoms with E-state index in [2.05, 4.69) is 6.92 Å². The van der Waals surface area contributed by atoms with E-state index in [1.807, 2.05) is 0 Å².